The van der Waals surface area contributed by atoms with Gasteiger partial charge in [0, 0.05) is 69.2 Å². The lowest BCUT2D eigenvalue weighted by Crippen LogP contribution is -2.51. The topological polar surface area (TPSA) is 188 Å². The zero-order valence-corrected chi connectivity index (χ0v) is 32.8. The fraction of sp³-hybridized carbons (Fsp3) is 0.359. The first-order chi connectivity index (χ1) is 30.1. The van der Waals surface area contributed by atoms with Crippen molar-refractivity contribution in [3.05, 3.63) is 89.8 Å². The molecule has 3 saturated heterocycles. The van der Waals surface area contributed by atoms with E-state index in [-0.39, 0.29) is 59.4 Å². The van der Waals surface area contributed by atoms with Gasteiger partial charge in [0.25, 0.3) is 12.3 Å². The predicted octanol–water partition coefficient (Wildman–Crippen LogP) is 4.38. The van der Waals surface area contributed by atoms with Crippen LogP contribution in [0.2, 0.25) is 0 Å². The number of halogens is 7. The van der Waals surface area contributed by atoms with Gasteiger partial charge in [0.05, 0.1) is 47.5 Å². The van der Waals surface area contributed by atoms with Gasteiger partial charge in [-0.1, -0.05) is 0 Å². The lowest BCUT2D eigenvalue weighted by Gasteiger charge is -2.36. The molecule has 1 aromatic carbocycles. The smallest absolute Gasteiger partial charge is 0.371 e. The quantitative estimate of drug-likeness (QED) is 0.126. The van der Waals surface area contributed by atoms with Crippen molar-refractivity contribution < 1.29 is 49.9 Å². The molecule has 4 aromatic heterocycles. The van der Waals surface area contributed by atoms with E-state index in [4.69, 9.17) is 0 Å². The predicted molar refractivity (Wildman–Crippen MR) is 209 cm³/mol. The molecule has 3 aliphatic rings. The van der Waals surface area contributed by atoms with Crippen LogP contribution in [0.15, 0.2) is 61.2 Å². The molecule has 0 radical (unpaired) electrons. The standard InChI is InChI=1S/C39H36F7N13O4/c40-26-13-24(14-27(41)33(26)25-2-4-32(60)52-36(25)61)57-8-6-21(18-57)38(63)56-11-9-55(10-12-56)31-3-1-23(16-48-31)58-19-29(34(54-58)35(42)43)51-37(62)28-17-50-59(53-28)22-5-7-47-30(15-22)49-20-39(44,45)46/h1,3,5,7,13-17,19,21,25,35H,2,4,6,8-12,18,20H2,(H,47,49)(H,51,62)(H,52,60,61)/t21-,25-/m1/s1. The van der Waals surface area contributed by atoms with Crippen LogP contribution in [0.25, 0.3) is 11.4 Å². The molecule has 17 nitrogen and oxygen atoms in total. The number of carbonyl (C=O) groups excluding carboxylic acids is 4. The van der Waals surface area contributed by atoms with Gasteiger partial charge in [-0.3, -0.25) is 24.5 Å². The van der Waals surface area contributed by atoms with Crippen LogP contribution < -0.4 is 25.8 Å². The molecular weight excluding hydrogens is 848 g/mol. The second kappa shape index (κ2) is 17.3. The Kier molecular flexibility index (Phi) is 11.7. The summed E-state index contributed by atoms with van der Waals surface area (Å²) in [5, 5.41) is 18.5. The highest BCUT2D eigenvalue weighted by atomic mass is 19.4. The number of aromatic nitrogens is 7. The van der Waals surface area contributed by atoms with E-state index in [1.807, 2.05) is 4.90 Å². The Balaban J connectivity index is 0.851. The molecule has 4 amide bonds. The zero-order chi connectivity index (χ0) is 44.6. The van der Waals surface area contributed by atoms with E-state index >= 15 is 8.78 Å². The summed E-state index contributed by atoms with van der Waals surface area (Å²) in [6.45, 7) is 0.921. The number of piperidine rings is 1. The van der Waals surface area contributed by atoms with Gasteiger partial charge in [0.2, 0.25) is 17.7 Å². The molecule has 2 atom stereocenters. The first-order valence-electron chi connectivity index (χ1n) is 19.6. The maximum absolute atomic E-state index is 15.2. The Bertz CT molecular complexity index is 2520. The van der Waals surface area contributed by atoms with Crippen LogP contribution in [0.5, 0.6) is 0 Å². The molecule has 24 heteroatoms. The highest BCUT2D eigenvalue weighted by Gasteiger charge is 2.36. The van der Waals surface area contributed by atoms with E-state index in [1.165, 1.54) is 30.7 Å². The van der Waals surface area contributed by atoms with Crippen LogP contribution in [-0.4, -0.2) is 115 Å². The molecule has 7 heterocycles. The SMILES string of the molecule is O=C1CC[C@H](c2c(F)cc(N3CC[C@@H](C(=O)N4CCN(c5ccc(-n6cc(NC(=O)c7cnn(-c8ccnc(NCC(F)(F)F)c8)n7)c(C(F)F)n6)cn5)CC4)C3)cc2F)C(=O)N1. The minimum Gasteiger partial charge on any atom is -0.371 e. The number of rotatable bonds is 11. The minimum absolute atomic E-state index is 0.00368. The van der Waals surface area contributed by atoms with Crippen molar-refractivity contribution in [1.82, 2.24) is 45.0 Å². The number of carbonyl (C=O) groups is 4. The highest BCUT2D eigenvalue weighted by molar-refractivity contribution is 6.03. The van der Waals surface area contributed by atoms with Crippen LogP contribution >= 0.6 is 0 Å². The van der Waals surface area contributed by atoms with Crippen molar-refractivity contribution in [2.75, 3.05) is 66.2 Å². The largest absolute Gasteiger partial charge is 0.405 e. The van der Waals surface area contributed by atoms with Gasteiger partial charge in [-0.15, -0.1) is 5.10 Å². The maximum atomic E-state index is 15.2. The number of nitrogens with zero attached hydrogens (tertiary/aromatic N) is 10. The number of imide groups is 1. The number of anilines is 4. The Morgan fingerprint density at radius 3 is 2.32 bits per heavy atom. The summed E-state index contributed by atoms with van der Waals surface area (Å²) in [6.07, 6.45) is -2.26. The van der Waals surface area contributed by atoms with Gasteiger partial charge in [-0.05, 0) is 43.2 Å². The van der Waals surface area contributed by atoms with E-state index in [0.717, 1.165) is 27.8 Å². The monoisotopic (exact) mass is 883 g/mol. The molecular formula is C39H36F7N13O4. The number of alkyl halides is 5. The molecule has 0 aliphatic carbocycles. The summed E-state index contributed by atoms with van der Waals surface area (Å²) in [5.41, 5.74) is -0.996. The number of benzene rings is 1. The zero-order valence-electron chi connectivity index (χ0n) is 32.8. The first kappa shape index (κ1) is 42.5. The van der Waals surface area contributed by atoms with Crippen molar-refractivity contribution in [1.29, 1.82) is 0 Å². The average molecular weight is 884 g/mol. The van der Waals surface area contributed by atoms with E-state index in [2.05, 4.69) is 41.2 Å². The van der Waals surface area contributed by atoms with Gasteiger partial charge < -0.3 is 25.3 Å². The lowest BCUT2D eigenvalue weighted by atomic mass is 9.89. The molecule has 3 fully saturated rings. The highest BCUT2D eigenvalue weighted by Crippen LogP contribution is 2.34. The first-order valence-corrected chi connectivity index (χ1v) is 19.6. The number of amides is 4. The molecule has 8 rings (SSSR count). The van der Waals surface area contributed by atoms with Crippen molar-refractivity contribution >= 4 is 46.6 Å². The number of hydrogen-bond acceptors (Lipinski definition) is 12. The third-order valence-corrected chi connectivity index (χ3v) is 10.8. The van der Waals surface area contributed by atoms with Crippen LogP contribution in [0, 0.1) is 17.6 Å². The average Bonchev–Trinajstić information content (AvgIpc) is 4.05. The number of pyridine rings is 2. The molecule has 0 bridgehead atoms. The van der Waals surface area contributed by atoms with Crippen LogP contribution in [-0.2, 0) is 14.4 Å². The summed E-state index contributed by atoms with van der Waals surface area (Å²) in [6, 6.07) is 8.19. The van der Waals surface area contributed by atoms with E-state index in [0.29, 0.717) is 50.6 Å². The van der Waals surface area contributed by atoms with E-state index < -0.39 is 66.0 Å². The molecule has 63 heavy (non-hydrogen) atoms. The van der Waals surface area contributed by atoms with E-state index in [1.54, 1.807) is 21.9 Å². The van der Waals surface area contributed by atoms with Crippen molar-refractivity contribution in [2.24, 2.45) is 5.92 Å². The molecule has 330 valence electrons. The molecule has 3 N–H and O–H groups in total. The fourth-order valence-electron chi connectivity index (χ4n) is 7.65. The summed E-state index contributed by atoms with van der Waals surface area (Å²) < 4.78 is 97.5. The summed E-state index contributed by atoms with van der Waals surface area (Å²) in [5.74, 6) is -5.11. The third-order valence-electron chi connectivity index (χ3n) is 10.8. The summed E-state index contributed by atoms with van der Waals surface area (Å²) in [4.78, 5) is 65.0. The Morgan fingerprint density at radius 2 is 1.63 bits per heavy atom. The minimum atomic E-state index is -4.49. The fourth-order valence-corrected chi connectivity index (χ4v) is 7.65. The molecule has 5 aromatic rings. The van der Waals surface area contributed by atoms with Gasteiger partial charge in [-0.25, -0.2) is 32.2 Å². The lowest BCUT2D eigenvalue weighted by molar-refractivity contribution is -0.135. The second-order valence-corrected chi connectivity index (χ2v) is 15.0. The van der Waals surface area contributed by atoms with Crippen LogP contribution in [0.1, 0.15) is 53.4 Å². The molecule has 3 aliphatic heterocycles. The summed E-state index contributed by atoms with van der Waals surface area (Å²) >= 11 is 0. The summed E-state index contributed by atoms with van der Waals surface area (Å²) in [7, 11) is 0. The number of piperazine rings is 1. The van der Waals surface area contributed by atoms with Crippen LogP contribution in [0.3, 0.4) is 0 Å². The molecule has 0 unspecified atom stereocenters. The van der Waals surface area contributed by atoms with Crippen molar-refractivity contribution in [2.45, 2.75) is 37.8 Å². The van der Waals surface area contributed by atoms with Gasteiger partial charge in [-0.2, -0.15) is 28.2 Å². The van der Waals surface area contributed by atoms with Gasteiger partial charge >= 0.3 is 6.18 Å². The Labute approximate surface area is 352 Å². The molecule has 0 saturated carbocycles. The van der Waals surface area contributed by atoms with E-state index in [9.17, 15) is 41.1 Å². The number of hydrogen-bond donors (Lipinski definition) is 3. The third kappa shape index (κ3) is 9.38. The molecule has 0 spiro atoms. The Hall–Kier alpha value is -7.14. The van der Waals surface area contributed by atoms with Gasteiger partial charge in [0.1, 0.15) is 29.8 Å². The van der Waals surface area contributed by atoms with Crippen molar-refractivity contribution in [3.63, 3.8) is 0 Å². The normalized spacial score (nSPS) is 18.3. The second-order valence-electron chi connectivity index (χ2n) is 15.0. The van der Waals surface area contributed by atoms with Crippen LogP contribution in [0.4, 0.5) is 53.7 Å². The number of nitrogens with one attached hydrogen (secondary N) is 3. The maximum Gasteiger partial charge on any atom is 0.405 e. The van der Waals surface area contributed by atoms with Crippen molar-refractivity contribution in [3.8, 4) is 11.4 Å². The Morgan fingerprint density at radius 1 is 0.873 bits per heavy atom. The van der Waals surface area contributed by atoms with Gasteiger partial charge in [0.15, 0.2) is 11.4 Å².